The van der Waals surface area contributed by atoms with Crippen LogP contribution >= 0.6 is 0 Å². The summed E-state index contributed by atoms with van der Waals surface area (Å²) in [6.07, 6.45) is 0. The molecule has 0 amide bonds. The Balaban J connectivity index is 2.52. The minimum atomic E-state index is -0.393. The Labute approximate surface area is 117 Å². The standard InChI is InChI=1S/C15H17FN2O2/c1-19-13-8-4-7-12(15(13)20-2)14(18-17)10-5-3-6-11(16)9-10/h3-9,14,18H,17H2,1-2H3. The first-order valence-corrected chi connectivity index (χ1v) is 6.13. The number of benzene rings is 2. The fourth-order valence-corrected chi connectivity index (χ4v) is 2.19. The van der Waals surface area contributed by atoms with Gasteiger partial charge in [0.2, 0.25) is 0 Å². The van der Waals surface area contributed by atoms with E-state index in [1.165, 1.54) is 12.1 Å². The summed E-state index contributed by atoms with van der Waals surface area (Å²) < 4.78 is 24.0. The summed E-state index contributed by atoms with van der Waals surface area (Å²) >= 11 is 0. The summed E-state index contributed by atoms with van der Waals surface area (Å²) in [5.41, 5.74) is 4.17. The quantitative estimate of drug-likeness (QED) is 0.650. The Morgan fingerprint density at radius 1 is 1.10 bits per heavy atom. The number of methoxy groups -OCH3 is 2. The van der Waals surface area contributed by atoms with Gasteiger partial charge in [-0.2, -0.15) is 0 Å². The van der Waals surface area contributed by atoms with Gasteiger partial charge in [-0.25, -0.2) is 9.82 Å². The van der Waals surface area contributed by atoms with E-state index in [0.717, 1.165) is 5.56 Å². The molecule has 3 N–H and O–H groups in total. The third-order valence-corrected chi connectivity index (χ3v) is 3.09. The zero-order valence-electron chi connectivity index (χ0n) is 11.4. The van der Waals surface area contributed by atoms with Crippen LogP contribution in [-0.4, -0.2) is 14.2 Å². The highest BCUT2D eigenvalue weighted by Gasteiger charge is 2.20. The number of hydrazine groups is 1. The van der Waals surface area contributed by atoms with E-state index >= 15 is 0 Å². The summed E-state index contributed by atoms with van der Waals surface area (Å²) in [6.45, 7) is 0. The minimum Gasteiger partial charge on any atom is -0.493 e. The molecule has 4 nitrogen and oxygen atoms in total. The third kappa shape index (κ3) is 2.74. The Morgan fingerprint density at radius 2 is 1.85 bits per heavy atom. The molecule has 0 heterocycles. The Kier molecular flexibility index (Phi) is 4.55. The van der Waals surface area contributed by atoms with E-state index in [4.69, 9.17) is 15.3 Å². The van der Waals surface area contributed by atoms with Crippen molar-refractivity contribution in [2.24, 2.45) is 5.84 Å². The van der Waals surface area contributed by atoms with E-state index in [1.807, 2.05) is 12.1 Å². The number of nitrogens with one attached hydrogen (secondary N) is 1. The maximum absolute atomic E-state index is 13.4. The van der Waals surface area contributed by atoms with Crippen LogP contribution in [0.5, 0.6) is 11.5 Å². The Hall–Kier alpha value is -2.11. The molecular formula is C15H17FN2O2. The van der Waals surface area contributed by atoms with E-state index in [9.17, 15) is 4.39 Å². The highest BCUT2D eigenvalue weighted by atomic mass is 19.1. The monoisotopic (exact) mass is 276 g/mol. The molecule has 2 aromatic rings. The van der Waals surface area contributed by atoms with Crippen LogP contribution in [0.4, 0.5) is 4.39 Å². The number of hydrogen-bond acceptors (Lipinski definition) is 4. The van der Waals surface area contributed by atoms with Crippen molar-refractivity contribution in [3.8, 4) is 11.5 Å². The van der Waals surface area contributed by atoms with Crippen LogP contribution in [0, 0.1) is 5.82 Å². The molecule has 0 fully saturated rings. The van der Waals surface area contributed by atoms with E-state index in [0.29, 0.717) is 17.1 Å². The second-order valence-corrected chi connectivity index (χ2v) is 4.24. The molecule has 20 heavy (non-hydrogen) atoms. The average Bonchev–Trinajstić information content (AvgIpc) is 2.47. The highest BCUT2D eigenvalue weighted by molar-refractivity contribution is 5.50. The number of hydrogen-bond donors (Lipinski definition) is 2. The normalized spacial score (nSPS) is 12.0. The van der Waals surface area contributed by atoms with Crippen LogP contribution in [-0.2, 0) is 0 Å². The molecular weight excluding hydrogens is 259 g/mol. The smallest absolute Gasteiger partial charge is 0.165 e. The van der Waals surface area contributed by atoms with Crippen LogP contribution in [0.15, 0.2) is 42.5 Å². The number of ether oxygens (including phenoxy) is 2. The number of rotatable bonds is 5. The van der Waals surface area contributed by atoms with Crippen LogP contribution in [0.2, 0.25) is 0 Å². The molecule has 0 bridgehead atoms. The molecule has 2 aromatic carbocycles. The number of halogens is 1. The molecule has 0 radical (unpaired) electrons. The molecule has 2 rings (SSSR count). The zero-order valence-corrected chi connectivity index (χ0v) is 11.4. The fourth-order valence-electron chi connectivity index (χ4n) is 2.19. The van der Waals surface area contributed by atoms with Crippen molar-refractivity contribution >= 4 is 0 Å². The first kappa shape index (κ1) is 14.3. The first-order valence-electron chi connectivity index (χ1n) is 6.13. The molecule has 0 spiro atoms. The van der Waals surface area contributed by atoms with Crippen molar-refractivity contribution < 1.29 is 13.9 Å². The molecule has 0 aliphatic rings. The second-order valence-electron chi connectivity index (χ2n) is 4.24. The maximum atomic E-state index is 13.4. The van der Waals surface area contributed by atoms with Gasteiger partial charge < -0.3 is 9.47 Å². The molecule has 1 atom stereocenters. The van der Waals surface area contributed by atoms with Crippen LogP contribution in [0.3, 0.4) is 0 Å². The number of nitrogens with two attached hydrogens (primary N) is 1. The molecule has 0 aliphatic heterocycles. The molecule has 0 saturated heterocycles. The number of para-hydroxylation sites is 1. The predicted molar refractivity (Wildman–Crippen MR) is 75.1 cm³/mol. The minimum absolute atomic E-state index is 0.315. The summed E-state index contributed by atoms with van der Waals surface area (Å²) in [5, 5.41) is 0. The first-order chi connectivity index (χ1) is 9.71. The van der Waals surface area contributed by atoms with E-state index in [1.54, 1.807) is 32.4 Å². The average molecular weight is 276 g/mol. The lowest BCUT2D eigenvalue weighted by molar-refractivity contribution is 0.349. The molecule has 0 aromatic heterocycles. The lowest BCUT2D eigenvalue weighted by Gasteiger charge is -2.21. The zero-order chi connectivity index (χ0) is 14.5. The van der Waals surface area contributed by atoms with Crippen molar-refractivity contribution in [1.82, 2.24) is 5.43 Å². The van der Waals surface area contributed by atoms with Gasteiger partial charge in [-0.05, 0) is 23.8 Å². The summed E-state index contributed by atoms with van der Waals surface area (Å²) in [5.74, 6) is 6.49. The van der Waals surface area contributed by atoms with Crippen molar-refractivity contribution in [1.29, 1.82) is 0 Å². The molecule has 0 saturated carbocycles. The van der Waals surface area contributed by atoms with Crippen LogP contribution in [0.25, 0.3) is 0 Å². The molecule has 106 valence electrons. The third-order valence-electron chi connectivity index (χ3n) is 3.09. The van der Waals surface area contributed by atoms with Gasteiger partial charge in [0.25, 0.3) is 0 Å². The van der Waals surface area contributed by atoms with Gasteiger partial charge in [0.1, 0.15) is 5.82 Å². The Bertz CT molecular complexity index is 590. The topological polar surface area (TPSA) is 56.5 Å². The lowest BCUT2D eigenvalue weighted by Crippen LogP contribution is -2.29. The van der Waals surface area contributed by atoms with Crippen LogP contribution in [0.1, 0.15) is 17.2 Å². The highest BCUT2D eigenvalue weighted by Crippen LogP contribution is 2.36. The van der Waals surface area contributed by atoms with Gasteiger partial charge in [-0.15, -0.1) is 0 Å². The van der Waals surface area contributed by atoms with Gasteiger partial charge in [0, 0.05) is 5.56 Å². The largest absolute Gasteiger partial charge is 0.493 e. The van der Waals surface area contributed by atoms with E-state index in [-0.39, 0.29) is 5.82 Å². The van der Waals surface area contributed by atoms with Crippen molar-refractivity contribution in [2.45, 2.75) is 6.04 Å². The molecule has 5 heteroatoms. The Morgan fingerprint density at radius 3 is 2.45 bits per heavy atom. The summed E-state index contributed by atoms with van der Waals surface area (Å²) in [7, 11) is 3.12. The molecule has 0 aliphatic carbocycles. The van der Waals surface area contributed by atoms with Gasteiger partial charge in [0.15, 0.2) is 11.5 Å². The molecule has 1 unspecified atom stereocenters. The SMILES string of the molecule is COc1cccc(C(NN)c2cccc(F)c2)c1OC. The summed E-state index contributed by atoms with van der Waals surface area (Å²) in [4.78, 5) is 0. The van der Waals surface area contributed by atoms with E-state index in [2.05, 4.69) is 5.43 Å². The van der Waals surface area contributed by atoms with Crippen molar-refractivity contribution in [3.05, 3.63) is 59.4 Å². The second kappa shape index (κ2) is 6.36. The van der Waals surface area contributed by atoms with Crippen molar-refractivity contribution in [3.63, 3.8) is 0 Å². The van der Waals surface area contributed by atoms with Gasteiger partial charge >= 0.3 is 0 Å². The van der Waals surface area contributed by atoms with Gasteiger partial charge in [-0.3, -0.25) is 5.84 Å². The maximum Gasteiger partial charge on any atom is 0.165 e. The van der Waals surface area contributed by atoms with Gasteiger partial charge in [0.05, 0.1) is 20.3 Å². The summed E-state index contributed by atoms with van der Waals surface area (Å²) in [6, 6.07) is 11.4. The van der Waals surface area contributed by atoms with Gasteiger partial charge in [-0.1, -0.05) is 24.3 Å². The fraction of sp³-hybridized carbons (Fsp3) is 0.200. The van der Waals surface area contributed by atoms with E-state index < -0.39 is 6.04 Å². The lowest BCUT2D eigenvalue weighted by atomic mass is 9.98. The van der Waals surface area contributed by atoms with Crippen LogP contribution < -0.4 is 20.7 Å². The van der Waals surface area contributed by atoms with Crippen molar-refractivity contribution in [2.75, 3.05) is 14.2 Å². The predicted octanol–water partition coefficient (Wildman–Crippen LogP) is 2.40.